The molecule has 1 aromatic rings. The number of hydrogen-bond donors (Lipinski definition) is 1. The highest BCUT2D eigenvalue weighted by Crippen LogP contribution is 2.31. The fourth-order valence-corrected chi connectivity index (χ4v) is 3.10. The maximum absolute atomic E-state index is 12.5. The molecule has 110 valence electrons. The third-order valence-corrected chi connectivity index (χ3v) is 4.25. The summed E-state index contributed by atoms with van der Waals surface area (Å²) in [4.78, 5) is 39.3. The Balaban J connectivity index is 1.83. The summed E-state index contributed by atoms with van der Waals surface area (Å²) in [6.45, 7) is 2.68. The van der Waals surface area contributed by atoms with E-state index in [1.165, 1.54) is 11.8 Å². The van der Waals surface area contributed by atoms with Crippen LogP contribution < -0.4 is 5.73 Å². The lowest BCUT2D eigenvalue weighted by molar-refractivity contribution is -0.130. The maximum Gasteiger partial charge on any atom is 0.263 e. The molecular weight excluding hydrogens is 270 g/mol. The van der Waals surface area contributed by atoms with Gasteiger partial charge in [-0.1, -0.05) is 6.07 Å². The lowest BCUT2D eigenvalue weighted by Gasteiger charge is -2.35. The Bertz CT molecular complexity index is 633. The van der Waals surface area contributed by atoms with Crippen LogP contribution in [0.3, 0.4) is 0 Å². The summed E-state index contributed by atoms with van der Waals surface area (Å²) in [6.07, 6.45) is 1.23. The van der Waals surface area contributed by atoms with E-state index >= 15 is 0 Å². The topological polar surface area (TPSA) is 83.7 Å². The molecule has 0 radical (unpaired) electrons. The van der Waals surface area contributed by atoms with Crippen LogP contribution in [-0.4, -0.2) is 46.7 Å². The van der Waals surface area contributed by atoms with Gasteiger partial charge in [-0.2, -0.15) is 0 Å². The van der Waals surface area contributed by atoms with Gasteiger partial charge in [0.05, 0.1) is 11.1 Å². The minimum absolute atomic E-state index is 0.0278. The summed E-state index contributed by atoms with van der Waals surface area (Å²) in [6, 6.07) is 4.79. The third-order valence-electron chi connectivity index (χ3n) is 4.25. The van der Waals surface area contributed by atoms with Crippen LogP contribution in [0.1, 0.15) is 40.5 Å². The molecule has 0 saturated carbocycles. The van der Waals surface area contributed by atoms with E-state index in [1.807, 2.05) is 0 Å². The highest BCUT2D eigenvalue weighted by Gasteiger charge is 2.42. The second-order valence-corrected chi connectivity index (χ2v) is 5.49. The first-order chi connectivity index (χ1) is 10.0. The molecule has 21 heavy (non-hydrogen) atoms. The lowest BCUT2D eigenvalue weighted by Crippen LogP contribution is -2.48. The van der Waals surface area contributed by atoms with Gasteiger partial charge in [-0.3, -0.25) is 19.3 Å². The van der Waals surface area contributed by atoms with E-state index in [4.69, 9.17) is 5.73 Å². The van der Waals surface area contributed by atoms with Crippen LogP contribution in [0.4, 0.5) is 5.69 Å². The number of carbonyl (C=O) groups is 3. The summed E-state index contributed by atoms with van der Waals surface area (Å²) in [5.41, 5.74) is 6.87. The largest absolute Gasteiger partial charge is 0.398 e. The standard InChI is InChI=1S/C15H17N3O3/c1-9(19)17-7-5-10(6-8-17)18-14(20)11-3-2-4-12(16)13(11)15(18)21/h2-4,10H,5-8,16H2,1H3. The number of amides is 3. The van der Waals surface area contributed by atoms with Gasteiger partial charge in [0.25, 0.3) is 11.8 Å². The number of nitrogens with two attached hydrogens (primary N) is 1. The van der Waals surface area contributed by atoms with Crippen molar-refractivity contribution in [1.82, 2.24) is 9.80 Å². The van der Waals surface area contributed by atoms with Crippen molar-refractivity contribution in [3.05, 3.63) is 29.3 Å². The monoisotopic (exact) mass is 287 g/mol. The third kappa shape index (κ3) is 2.07. The van der Waals surface area contributed by atoms with Gasteiger partial charge in [0.15, 0.2) is 0 Å². The van der Waals surface area contributed by atoms with Crippen molar-refractivity contribution in [2.75, 3.05) is 18.8 Å². The zero-order valence-corrected chi connectivity index (χ0v) is 11.8. The molecular formula is C15H17N3O3. The zero-order chi connectivity index (χ0) is 15.1. The van der Waals surface area contributed by atoms with Gasteiger partial charge < -0.3 is 10.6 Å². The first kappa shape index (κ1) is 13.6. The average Bonchev–Trinajstić information content (AvgIpc) is 2.72. The van der Waals surface area contributed by atoms with Gasteiger partial charge >= 0.3 is 0 Å². The molecule has 3 rings (SSSR count). The lowest BCUT2D eigenvalue weighted by atomic mass is 10.0. The number of fused-ring (bicyclic) bond motifs is 1. The summed E-state index contributed by atoms with van der Waals surface area (Å²) in [7, 11) is 0. The number of imide groups is 1. The van der Waals surface area contributed by atoms with Crippen molar-refractivity contribution < 1.29 is 14.4 Å². The average molecular weight is 287 g/mol. The molecule has 2 N–H and O–H groups in total. The van der Waals surface area contributed by atoms with E-state index in [-0.39, 0.29) is 23.8 Å². The number of likely N-dealkylation sites (tertiary alicyclic amines) is 1. The summed E-state index contributed by atoms with van der Waals surface area (Å²) in [5, 5.41) is 0. The van der Waals surface area contributed by atoms with Crippen molar-refractivity contribution in [3.8, 4) is 0 Å². The van der Waals surface area contributed by atoms with Gasteiger partial charge in [-0.15, -0.1) is 0 Å². The molecule has 0 unspecified atom stereocenters. The predicted molar refractivity (Wildman–Crippen MR) is 76.6 cm³/mol. The van der Waals surface area contributed by atoms with E-state index in [1.54, 1.807) is 23.1 Å². The molecule has 6 nitrogen and oxygen atoms in total. The quantitative estimate of drug-likeness (QED) is 0.614. The number of benzene rings is 1. The number of nitrogens with zero attached hydrogens (tertiary/aromatic N) is 2. The molecule has 3 amide bonds. The van der Waals surface area contributed by atoms with E-state index in [0.29, 0.717) is 42.7 Å². The predicted octanol–water partition coefficient (Wildman–Crippen LogP) is 0.876. The number of hydrogen-bond acceptors (Lipinski definition) is 4. The van der Waals surface area contributed by atoms with Gasteiger partial charge in [-0.05, 0) is 25.0 Å². The minimum atomic E-state index is -0.311. The number of carbonyl (C=O) groups excluding carboxylic acids is 3. The Morgan fingerprint density at radius 2 is 1.86 bits per heavy atom. The van der Waals surface area contributed by atoms with Gasteiger partial charge in [-0.25, -0.2) is 0 Å². The SMILES string of the molecule is CC(=O)N1CCC(N2C(=O)c3cccc(N)c3C2=O)CC1. The van der Waals surface area contributed by atoms with Gasteiger partial charge in [0.1, 0.15) is 0 Å². The van der Waals surface area contributed by atoms with E-state index in [2.05, 4.69) is 0 Å². The van der Waals surface area contributed by atoms with E-state index in [9.17, 15) is 14.4 Å². The molecule has 0 aromatic heterocycles. The Morgan fingerprint density at radius 1 is 1.19 bits per heavy atom. The Labute approximate surface area is 122 Å². The van der Waals surface area contributed by atoms with E-state index < -0.39 is 0 Å². The number of anilines is 1. The fraction of sp³-hybridized carbons (Fsp3) is 0.400. The van der Waals surface area contributed by atoms with Crippen molar-refractivity contribution in [3.63, 3.8) is 0 Å². The van der Waals surface area contributed by atoms with Crippen LogP contribution in [0.2, 0.25) is 0 Å². The first-order valence-corrected chi connectivity index (χ1v) is 7.02. The van der Waals surface area contributed by atoms with Gasteiger partial charge in [0, 0.05) is 31.7 Å². The summed E-state index contributed by atoms with van der Waals surface area (Å²) in [5.74, 6) is -0.557. The van der Waals surface area contributed by atoms with Crippen LogP contribution in [0, 0.1) is 0 Å². The van der Waals surface area contributed by atoms with Crippen LogP contribution in [0.25, 0.3) is 0 Å². The molecule has 2 heterocycles. The molecule has 0 spiro atoms. The Kier molecular flexibility index (Phi) is 3.16. The van der Waals surface area contributed by atoms with Crippen molar-refractivity contribution in [2.24, 2.45) is 0 Å². The van der Waals surface area contributed by atoms with E-state index in [0.717, 1.165) is 0 Å². The summed E-state index contributed by atoms with van der Waals surface area (Å²) < 4.78 is 0. The highest BCUT2D eigenvalue weighted by atomic mass is 16.2. The molecule has 2 aliphatic rings. The number of nitrogen functional groups attached to an aromatic ring is 1. The van der Waals surface area contributed by atoms with Gasteiger partial charge in [0.2, 0.25) is 5.91 Å². The molecule has 1 saturated heterocycles. The molecule has 0 bridgehead atoms. The second kappa shape index (κ2) is 4.87. The minimum Gasteiger partial charge on any atom is -0.398 e. The van der Waals surface area contributed by atoms with Crippen LogP contribution in [0.15, 0.2) is 18.2 Å². The maximum atomic E-state index is 12.5. The highest BCUT2D eigenvalue weighted by molar-refractivity contribution is 6.23. The smallest absolute Gasteiger partial charge is 0.263 e. The van der Waals surface area contributed by atoms with Crippen LogP contribution in [-0.2, 0) is 4.79 Å². The van der Waals surface area contributed by atoms with Crippen molar-refractivity contribution in [1.29, 1.82) is 0 Å². The second-order valence-electron chi connectivity index (χ2n) is 5.49. The molecule has 1 aromatic carbocycles. The molecule has 0 aliphatic carbocycles. The van der Waals surface area contributed by atoms with Crippen molar-refractivity contribution >= 4 is 23.4 Å². The number of rotatable bonds is 1. The molecule has 2 aliphatic heterocycles. The van der Waals surface area contributed by atoms with Crippen LogP contribution in [0.5, 0.6) is 0 Å². The summed E-state index contributed by atoms with van der Waals surface area (Å²) >= 11 is 0. The number of piperidine rings is 1. The Morgan fingerprint density at radius 3 is 2.43 bits per heavy atom. The molecule has 0 atom stereocenters. The Hall–Kier alpha value is -2.37. The fourth-order valence-electron chi connectivity index (χ4n) is 3.10. The normalized spacial score (nSPS) is 19.1. The van der Waals surface area contributed by atoms with Crippen molar-refractivity contribution in [2.45, 2.75) is 25.8 Å². The first-order valence-electron chi connectivity index (χ1n) is 7.02. The molecule has 6 heteroatoms. The van der Waals surface area contributed by atoms with Crippen LogP contribution >= 0.6 is 0 Å². The zero-order valence-electron chi connectivity index (χ0n) is 11.8. The molecule has 1 fully saturated rings.